The summed E-state index contributed by atoms with van der Waals surface area (Å²) < 4.78 is 77.5. The minimum absolute atomic E-state index is 0.0182. The maximum Gasteiger partial charge on any atom is 0.416 e. The lowest BCUT2D eigenvalue weighted by molar-refractivity contribution is -0.137. The number of halogens is 4. The molecule has 0 heterocycles. The lowest BCUT2D eigenvalue weighted by Crippen LogP contribution is -2.51. The first-order valence-electron chi connectivity index (χ1n) is 10.00. The molecule has 0 aromatic heterocycles. The summed E-state index contributed by atoms with van der Waals surface area (Å²) in [7, 11) is -3.87. The Kier molecular flexibility index (Phi) is 6.48. The van der Waals surface area contributed by atoms with Gasteiger partial charge in [0, 0.05) is 12.1 Å². The number of rotatable bonds is 6. The van der Waals surface area contributed by atoms with Gasteiger partial charge in [0.05, 0.1) is 22.3 Å². The molecule has 2 saturated carbocycles. The second kappa shape index (κ2) is 8.45. The number of amides is 1. The Morgan fingerprint density at radius 1 is 1.17 bits per heavy atom. The average Bonchev–Trinajstić information content (AvgIpc) is 2.61. The van der Waals surface area contributed by atoms with Crippen molar-refractivity contribution < 1.29 is 30.8 Å². The molecule has 0 saturated heterocycles. The van der Waals surface area contributed by atoms with E-state index >= 15 is 0 Å². The van der Waals surface area contributed by atoms with Gasteiger partial charge < -0.3 is 10.6 Å². The molecule has 0 spiro atoms. The number of carbonyl (C=O) groups excluding carboxylic acids is 1. The second-order valence-electron chi connectivity index (χ2n) is 8.50. The minimum atomic E-state index is -4.61. The molecule has 0 atom stereocenters. The van der Waals surface area contributed by atoms with Gasteiger partial charge in [-0.15, -0.1) is 0 Å². The molecule has 10 heteroatoms. The molecule has 5 nitrogen and oxygen atoms in total. The summed E-state index contributed by atoms with van der Waals surface area (Å²) in [5.74, 6) is -0.230. The van der Waals surface area contributed by atoms with Crippen LogP contribution in [0.2, 0.25) is 0 Å². The SMILES string of the molecule is CC1(F)CCC(NC(=O)CNC2CC(S(=O)(=O)c3cccc(C(F)(F)F)c3)C2)CC1. The number of carbonyl (C=O) groups is 1. The molecule has 2 aliphatic carbocycles. The zero-order valence-electron chi connectivity index (χ0n) is 16.6. The van der Waals surface area contributed by atoms with Crippen LogP contribution in [0.5, 0.6) is 0 Å². The van der Waals surface area contributed by atoms with Crippen LogP contribution in [0.25, 0.3) is 0 Å². The number of benzene rings is 1. The lowest BCUT2D eigenvalue weighted by atomic mass is 9.85. The maximum atomic E-state index is 13.8. The van der Waals surface area contributed by atoms with E-state index < -0.39 is 32.5 Å². The third kappa shape index (κ3) is 5.51. The molecule has 2 fully saturated rings. The smallest absolute Gasteiger partial charge is 0.352 e. The number of nitrogens with one attached hydrogen (secondary N) is 2. The highest BCUT2D eigenvalue weighted by molar-refractivity contribution is 7.92. The van der Waals surface area contributed by atoms with Crippen LogP contribution in [-0.4, -0.2) is 43.9 Å². The van der Waals surface area contributed by atoms with Gasteiger partial charge in [0.1, 0.15) is 5.67 Å². The van der Waals surface area contributed by atoms with Crippen LogP contribution in [-0.2, 0) is 20.8 Å². The van der Waals surface area contributed by atoms with E-state index in [-0.39, 0.29) is 42.3 Å². The molecule has 0 aliphatic heterocycles. The Hall–Kier alpha value is -1.68. The van der Waals surface area contributed by atoms with E-state index in [4.69, 9.17) is 0 Å². The molecule has 0 unspecified atom stereocenters. The lowest BCUT2D eigenvalue weighted by Gasteiger charge is -2.36. The van der Waals surface area contributed by atoms with Crippen LogP contribution in [0.1, 0.15) is 51.0 Å². The van der Waals surface area contributed by atoms with Crippen molar-refractivity contribution in [2.24, 2.45) is 0 Å². The van der Waals surface area contributed by atoms with Crippen LogP contribution < -0.4 is 10.6 Å². The monoisotopic (exact) mass is 450 g/mol. The van der Waals surface area contributed by atoms with Gasteiger partial charge in [0.15, 0.2) is 9.84 Å². The van der Waals surface area contributed by atoms with Gasteiger partial charge in [0.25, 0.3) is 0 Å². The molecule has 0 radical (unpaired) electrons. The highest BCUT2D eigenvalue weighted by Crippen LogP contribution is 2.35. The first kappa shape index (κ1) is 23.0. The topological polar surface area (TPSA) is 75.3 Å². The molecule has 2 N–H and O–H groups in total. The molecule has 1 aromatic carbocycles. The van der Waals surface area contributed by atoms with Gasteiger partial charge in [-0.2, -0.15) is 13.2 Å². The van der Waals surface area contributed by atoms with Gasteiger partial charge in [-0.3, -0.25) is 4.79 Å². The van der Waals surface area contributed by atoms with E-state index in [1.165, 1.54) is 6.07 Å². The summed E-state index contributed by atoms with van der Waals surface area (Å²) in [5, 5.41) is 5.06. The number of hydrogen-bond acceptors (Lipinski definition) is 4. The summed E-state index contributed by atoms with van der Waals surface area (Å²) in [6, 6.07) is 3.51. The standard InChI is InChI=1S/C20H26F4N2O3S/c1-19(21)7-5-14(6-8-19)26-18(27)12-25-15-10-17(11-15)30(28,29)16-4-2-3-13(9-16)20(22,23)24/h2-4,9,14-15,17,25H,5-8,10-12H2,1H3,(H,26,27). The molecule has 2 aliphatic rings. The zero-order chi connectivity index (χ0) is 22.2. The van der Waals surface area contributed by atoms with E-state index in [0.717, 1.165) is 12.1 Å². The predicted molar refractivity (Wildman–Crippen MR) is 103 cm³/mol. The van der Waals surface area contributed by atoms with Gasteiger partial charge in [0.2, 0.25) is 5.91 Å². The van der Waals surface area contributed by atoms with E-state index in [9.17, 15) is 30.8 Å². The Balaban J connectivity index is 1.45. The summed E-state index contributed by atoms with van der Waals surface area (Å²) >= 11 is 0. The summed E-state index contributed by atoms with van der Waals surface area (Å²) in [5.41, 5.74) is -2.17. The van der Waals surface area contributed by atoms with E-state index in [0.29, 0.717) is 31.7 Å². The molecule has 0 bridgehead atoms. The minimum Gasteiger partial charge on any atom is -0.352 e. The van der Waals surface area contributed by atoms with Crippen molar-refractivity contribution in [3.05, 3.63) is 29.8 Å². The van der Waals surface area contributed by atoms with Crippen LogP contribution in [0, 0.1) is 0 Å². The molecule has 168 valence electrons. The normalized spacial score (nSPS) is 29.8. The molecule has 3 rings (SSSR count). The quantitative estimate of drug-likeness (QED) is 0.652. The highest BCUT2D eigenvalue weighted by Gasteiger charge is 2.40. The fourth-order valence-corrected chi connectivity index (χ4v) is 5.82. The summed E-state index contributed by atoms with van der Waals surface area (Å²) in [6.45, 7) is 1.58. The Morgan fingerprint density at radius 2 is 1.80 bits per heavy atom. The third-order valence-corrected chi connectivity index (χ3v) is 8.14. The van der Waals surface area contributed by atoms with E-state index in [1.807, 2.05) is 0 Å². The number of sulfone groups is 1. The van der Waals surface area contributed by atoms with Crippen LogP contribution in [0.15, 0.2) is 29.2 Å². The van der Waals surface area contributed by atoms with Crippen LogP contribution in [0.4, 0.5) is 17.6 Å². The number of alkyl halides is 4. The zero-order valence-corrected chi connectivity index (χ0v) is 17.5. The van der Waals surface area contributed by atoms with Crippen molar-refractivity contribution in [2.45, 2.75) is 79.5 Å². The molecule has 30 heavy (non-hydrogen) atoms. The molecular formula is C20H26F4N2O3S. The fourth-order valence-electron chi connectivity index (χ4n) is 3.91. The maximum absolute atomic E-state index is 13.8. The van der Waals surface area contributed by atoms with Gasteiger partial charge in [-0.25, -0.2) is 12.8 Å². The molecular weight excluding hydrogens is 424 g/mol. The molecule has 1 aromatic rings. The largest absolute Gasteiger partial charge is 0.416 e. The number of hydrogen-bond donors (Lipinski definition) is 2. The van der Waals surface area contributed by atoms with Crippen molar-refractivity contribution in [3.8, 4) is 0 Å². The highest BCUT2D eigenvalue weighted by atomic mass is 32.2. The molecule has 1 amide bonds. The van der Waals surface area contributed by atoms with E-state index in [2.05, 4.69) is 10.6 Å². The summed E-state index contributed by atoms with van der Waals surface area (Å²) in [4.78, 5) is 11.7. The van der Waals surface area contributed by atoms with Crippen LogP contribution >= 0.6 is 0 Å². The van der Waals surface area contributed by atoms with Gasteiger partial charge in [-0.05, 0) is 63.6 Å². The van der Waals surface area contributed by atoms with E-state index in [1.54, 1.807) is 6.92 Å². The Bertz CT molecular complexity index is 870. The van der Waals surface area contributed by atoms with Crippen molar-refractivity contribution in [2.75, 3.05) is 6.54 Å². The Morgan fingerprint density at radius 3 is 2.40 bits per heavy atom. The van der Waals surface area contributed by atoms with Crippen molar-refractivity contribution in [3.63, 3.8) is 0 Å². The van der Waals surface area contributed by atoms with Gasteiger partial charge in [-0.1, -0.05) is 6.07 Å². The first-order valence-corrected chi connectivity index (χ1v) is 11.5. The van der Waals surface area contributed by atoms with Crippen molar-refractivity contribution >= 4 is 15.7 Å². The van der Waals surface area contributed by atoms with Crippen LogP contribution in [0.3, 0.4) is 0 Å². The predicted octanol–water partition coefficient (Wildman–Crippen LogP) is 3.39. The Labute approximate surface area is 173 Å². The van der Waals surface area contributed by atoms with Crippen molar-refractivity contribution in [1.29, 1.82) is 0 Å². The van der Waals surface area contributed by atoms with Crippen molar-refractivity contribution in [1.82, 2.24) is 10.6 Å². The van der Waals surface area contributed by atoms with Gasteiger partial charge >= 0.3 is 6.18 Å². The first-order chi connectivity index (χ1) is 13.9. The summed E-state index contributed by atoms with van der Waals surface area (Å²) in [6.07, 6.45) is -2.17. The average molecular weight is 450 g/mol. The fraction of sp³-hybridized carbons (Fsp3) is 0.650. The third-order valence-electron chi connectivity index (χ3n) is 5.97. The second-order valence-corrected chi connectivity index (χ2v) is 10.7.